The van der Waals surface area contributed by atoms with Crippen LogP contribution in [0.15, 0.2) is 39.5 Å². The second-order valence-corrected chi connectivity index (χ2v) is 8.14. The molecule has 1 N–H and O–H groups in total. The molecule has 0 atom stereocenters. The highest BCUT2D eigenvalue weighted by Gasteiger charge is 2.33. The van der Waals surface area contributed by atoms with Gasteiger partial charge in [-0.1, -0.05) is 19.1 Å². The number of carbonyl (C=O) groups excluding carboxylic acids is 1. The number of amidine groups is 1. The summed E-state index contributed by atoms with van der Waals surface area (Å²) < 4.78 is 5.39. The molecule has 9 heteroatoms. The summed E-state index contributed by atoms with van der Waals surface area (Å²) in [5, 5.41) is 11.9. The second-order valence-electron chi connectivity index (χ2n) is 6.29. The van der Waals surface area contributed by atoms with E-state index in [0.29, 0.717) is 27.5 Å². The van der Waals surface area contributed by atoms with Gasteiger partial charge in [0.2, 0.25) is 5.13 Å². The van der Waals surface area contributed by atoms with Gasteiger partial charge in [0.15, 0.2) is 5.17 Å². The van der Waals surface area contributed by atoms with Crippen molar-refractivity contribution < 1.29 is 19.4 Å². The maximum absolute atomic E-state index is 12.8. The van der Waals surface area contributed by atoms with Crippen LogP contribution in [0.4, 0.5) is 5.13 Å². The molecule has 1 aromatic carbocycles. The largest absolute Gasteiger partial charge is 0.493 e. The molecule has 7 nitrogen and oxygen atoms in total. The van der Waals surface area contributed by atoms with Crippen molar-refractivity contribution in [2.45, 2.75) is 26.7 Å². The van der Waals surface area contributed by atoms with E-state index < -0.39 is 5.97 Å². The lowest BCUT2D eigenvalue weighted by atomic mass is 10.2. The Bertz CT molecular complexity index is 951. The highest BCUT2D eigenvalue weighted by Crippen LogP contribution is 2.35. The quantitative estimate of drug-likeness (QED) is 0.626. The molecular formula is C20H21N3O4S2. The van der Waals surface area contributed by atoms with E-state index in [0.717, 1.165) is 17.7 Å². The normalized spacial score (nSPS) is 16.8. The summed E-state index contributed by atoms with van der Waals surface area (Å²) >= 11 is 2.80. The van der Waals surface area contributed by atoms with Crippen LogP contribution in [-0.2, 0) is 9.59 Å². The average molecular weight is 432 g/mol. The van der Waals surface area contributed by atoms with Crippen LogP contribution in [0.2, 0.25) is 0 Å². The Kier molecular flexibility index (Phi) is 7.05. The maximum atomic E-state index is 12.8. The van der Waals surface area contributed by atoms with Gasteiger partial charge in [-0.2, -0.15) is 4.99 Å². The molecule has 1 saturated heterocycles. The SMILES string of the molecule is CCCN1C(=O)/C(=C\c2ccc(OCCC(=O)O)cc2)S/C1=N/c1nc(C)cs1. The number of amides is 1. The molecular weight excluding hydrogens is 410 g/mol. The third kappa shape index (κ3) is 5.68. The number of thioether (sulfide) groups is 1. The lowest BCUT2D eigenvalue weighted by Gasteiger charge is -2.13. The fourth-order valence-corrected chi connectivity index (χ4v) is 4.28. The summed E-state index contributed by atoms with van der Waals surface area (Å²) in [6.45, 7) is 4.65. The number of carboxylic acid groups (broad SMARTS) is 1. The van der Waals surface area contributed by atoms with Crippen molar-refractivity contribution in [1.29, 1.82) is 0 Å². The van der Waals surface area contributed by atoms with Crippen LogP contribution in [0.25, 0.3) is 6.08 Å². The van der Waals surface area contributed by atoms with E-state index in [2.05, 4.69) is 9.98 Å². The number of aryl methyl sites for hydroxylation is 1. The molecule has 1 aliphatic heterocycles. The highest BCUT2D eigenvalue weighted by atomic mass is 32.2. The van der Waals surface area contributed by atoms with E-state index >= 15 is 0 Å². The zero-order chi connectivity index (χ0) is 20.8. The number of hydrogen-bond acceptors (Lipinski definition) is 7. The molecule has 29 heavy (non-hydrogen) atoms. The van der Waals surface area contributed by atoms with Crippen molar-refractivity contribution in [2.75, 3.05) is 13.2 Å². The van der Waals surface area contributed by atoms with Crippen LogP contribution in [0.1, 0.15) is 31.0 Å². The Hall–Kier alpha value is -2.65. The van der Waals surface area contributed by atoms with Gasteiger partial charge < -0.3 is 9.84 Å². The summed E-state index contributed by atoms with van der Waals surface area (Å²) in [6, 6.07) is 7.19. The molecule has 2 aromatic rings. The number of hydrogen-bond donors (Lipinski definition) is 1. The smallest absolute Gasteiger partial charge is 0.306 e. The molecule has 0 radical (unpaired) electrons. The van der Waals surface area contributed by atoms with Gasteiger partial charge in [-0.25, -0.2) is 4.98 Å². The Morgan fingerprint density at radius 3 is 2.72 bits per heavy atom. The minimum atomic E-state index is -0.898. The topological polar surface area (TPSA) is 92.1 Å². The molecule has 2 heterocycles. The third-order valence-electron chi connectivity index (χ3n) is 3.90. The zero-order valence-corrected chi connectivity index (χ0v) is 17.8. The van der Waals surface area contributed by atoms with E-state index in [4.69, 9.17) is 9.84 Å². The van der Waals surface area contributed by atoms with E-state index in [1.807, 2.05) is 37.4 Å². The van der Waals surface area contributed by atoms with Gasteiger partial charge >= 0.3 is 5.97 Å². The van der Waals surface area contributed by atoms with E-state index in [1.165, 1.54) is 23.1 Å². The molecule has 1 amide bonds. The number of thiazole rings is 1. The third-order valence-corrected chi connectivity index (χ3v) is 5.75. The number of carbonyl (C=O) groups is 2. The van der Waals surface area contributed by atoms with Crippen molar-refractivity contribution in [3.63, 3.8) is 0 Å². The number of aromatic nitrogens is 1. The van der Waals surface area contributed by atoms with Crippen LogP contribution < -0.4 is 4.74 Å². The van der Waals surface area contributed by atoms with Gasteiger partial charge in [0.1, 0.15) is 5.75 Å². The summed E-state index contributed by atoms with van der Waals surface area (Å²) in [6.07, 6.45) is 2.61. The van der Waals surface area contributed by atoms with Crippen LogP contribution in [0, 0.1) is 6.92 Å². The molecule has 152 valence electrons. The number of rotatable bonds is 8. The monoisotopic (exact) mass is 431 g/mol. The zero-order valence-electron chi connectivity index (χ0n) is 16.1. The average Bonchev–Trinajstić information content (AvgIpc) is 3.21. The van der Waals surface area contributed by atoms with Crippen molar-refractivity contribution >= 4 is 51.4 Å². The number of benzene rings is 1. The molecule has 0 spiro atoms. The van der Waals surface area contributed by atoms with Gasteiger partial charge in [0, 0.05) is 11.9 Å². The molecule has 0 bridgehead atoms. The summed E-state index contributed by atoms with van der Waals surface area (Å²) in [4.78, 5) is 34.6. The predicted molar refractivity (Wildman–Crippen MR) is 116 cm³/mol. The Morgan fingerprint density at radius 2 is 2.10 bits per heavy atom. The van der Waals surface area contributed by atoms with Gasteiger partial charge in [-0.15, -0.1) is 11.3 Å². The van der Waals surface area contributed by atoms with Crippen molar-refractivity contribution in [3.8, 4) is 5.75 Å². The van der Waals surface area contributed by atoms with Crippen molar-refractivity contribution in [2.24, 2.45) is 4.99 Å². The molecule has 0 saturated carbocycles. The van der Waals surface area contributed by atoms with E-state index in [1.54, 1.807) is 17.0 Å². The standard InChI is InChI=1S/C20H21N3O4S2/c1-3-9-23-18(26)16(29-20(23)22-19-21-13(2)12-28-19)11-14-4-6-15(7-5-14)27-10-8-17(24)25/h4-7,11-12H,3,8-10H2,1-2H3,(H,24,25)/b16-11+,22-20+. The van der Waals surface area contributed by atoms with Crippen molar-refractivity contribution in [1.82, 2.24) is 9.88 Å². The molecule has 1 fully saturated rings. The maximum Gasteiger partial charge on any atom is 0.306 e. The lowest BCUT2D eigenvalue weighted by molar-refractivity contribution is -0.137. The van der Waals surface area contributed by atoms with Crippen LogP contribution >= 0.6 is 23.1 Å². The first kappa shape index (κ1) is 21.1. The lowest BCUT2D eigenvalue weighted by Crippen LogP contribution is -2.29. The summed E-state index contributed by atoms with van der Waals surface area (Å²) in [7, 11) is 0. The van der Waals surface area contributed by atoms with Gasteiger partial charge in [-0.3, -0.25) is 14.5 Å². The van der Waals surface area contributed by atoms with Crippen LogP contribution in [-0.4, -0.2) is 45.2 Å². The molecule has 3 rings (SSSR count). The fourth-order valence-electron chi connectivity index (χ4n) is 2.55. The van der Waals surface area contributed by atoms with Crippen molar-refractivity contribution in [3.05, 3.63) is 45.8 Å². The summed E-state index contributed by atoms with van der Waals surface area (Å²) in [5.41, 5.74) is 1.77. The Balaban J connectivity index is 1.75. The minimum absolute atomic E-state index is 0.0507. The minimum Gasteiger partial charge on any atom is -0.493 e. The van der Waals surface area contributed by atoms with Gasteiger partial charge in [0.05, 0.1) is 23.6 Å². The van der Waals surface area contributed by atoms with Gasteiger partial charge in [-0.05, 0) is 48.9 Å². The van der Waals surface area contributed by atoms with Crippen LogP contribution in [0.3, 0.4) is 0 Å². The molecule has 0 aliphatic carbocycles. The number of nitrogens with zero attached hydrogens (tertiary/aromatic N) is 3. The fraction of sp³-hybridized carbons (Fsp3) is 0.300. The number of ether oxygens (including phenoxy) is 1. The van der Waals surface area contributed by atoms with Gasteiger partial charge in [0.25, 0.3) is 5.91 Å². The Labute approximate surface area is 177 Å². The number of aliphatic imine (C=N–C) groups is 1. The molecule has 1 aliphatic rings. The predicted octanol–water partition coefficient (Wildman–Crippen LogP) is 4.32. The Morgan fingerprint density at radius 1 is 1.34 bits per heavy atom. The molecule has 1 aromatic heterocycles. The number of carboxylic acids is 1. The highest BCUT2D eigenvalue weighted by molar-refractivity contribution is 8.18. The van der Waals surface area contributed by atoms with Crippen LogP contribution in [0.5, 0.6) is 5.75 Å². The van der Waals surface area contributed by atoms with E-state index in [9.17, 15) is 9.59 Å². The first-order valence-electron chi connectivity index (χ1n) is 9.13. The summed E-state index contributed by atoms with van der Waals surface area (Å²) in [5.74, 6) is -0.372. The van der Waals surface area contributed by atoms with E-state index in [-0.39, 0.29) is 18.9 Å². The molecule has 0 unspecified atom stereocenters. The second kappa shape index (κ2) is 9.71. The number of aliphatic carboxylic acids is 1. The first-order valence-corrected chi connectivity index (χ1v) is 10.8. The first-order chi connectivity index (χ1) is 14.0.